The molecule has 0 radical (unpaired) electrons. The molecule has 1 aliphatic carbocycles. The Hall–Kier alpha value is -1.25. The highest BCUT2D eigenvalue weighted by Gasteiger charge is 2.12. The van der Waals surface area contributed by atoms with E-state index in [4.69, 9.17) is 5.73 Å². The second-order valence-corrected chi connectivity index (χ2v) is 4.61. The van der Waals surface area contributed by atoms with Gasteiger partial charge in [0.25, 0.3) is 0 Å². The van der Waals surface area contributed by atoms with Gasteiger partial charge in [-0.05, 0) is 31.0 Å². The molecule has 1 fully saturated rings. The maximum Gasteiger partial charge on any atom is 0.127 e. The standard InChI is InChI=1S/C13H19FN2/c14-10-7-11(15)9-13(8-10)16-12-5-3-1-2-4-6-12/h7-9,12,16H,1-6,15H2. The van der Waals surface area contributed by atoms with Gasteiger partial charge in [0.05, 0.1) is 0 Å². The molecule has 16 heavy (non-hydrogen) atoms. The first-order chi connectivity index (χ1) is 7.74. The van der Waals surface area contributed by atoms with Crippen LogP contribution in [0.4, 0.5) is 15.8 Å². The second kappa shape index (κ2) is 5.19. The molecule has 0 aliphatic heterocycles. The van der Waals surface area contributed by atoms with Crippen LogP contribution in [-0.4, -0.2) is 6.04 Å². The molecule has 0 bridgehead atoms. The lowest BCUT2D eigenvalue weighted by Crippen LogP contribution is -2.18. The van der Waals surface area contributed by atoms with Gasteiger partial charge in [-0.2, -0.15) is 0 Å². The largest absolute Gasteiger partial charge is 0.399 e. The van der Waals surface area contributed by atoms with Crippen molar-refractivity contribution in [1.82, 2.24) is 0 Å². The molecule has 0 aromatic heterocycles. The molecule has 0 spiro atoms. The molecule has 0 unspecified atom stereocenters. The minimum Gasteiger partial charge on any atom is -0.399 e. The molecular weight excluding hydrogens is 203 g/mol. The number of hydrogen-bond donors (Lipinski definition) is 2. The summed E-state index contributed by atoms with van der Waals surface area (Å²) >= 11 is 0. The number of nitrogen functional groups attached to an aromatic ring is 1. The summed E-state index contributed by atoms with van der Waals surface area (Å²) in [4.78, 5) is 0. The number of benzene rings is 1. The Morgan fingerprint density at radius 3 is 2.38 bits per heavy atom. The predicted octanol–water partition coefficient (Wildman–Crippen LogP) is 3.54. The predicted molar refractivity (Wildman–Crippen MR) is 65.9 cm³/mol. The first kappa shape index (κ1) is 11.2. The minimum atomic E-state index is -0.267. The number of rotatable bonds is 2. The SMILES string of the molecule is Nc1cc(F)cc(NC2CCCCCC2)c1. The van der Waals surface area contributed by atoms with Crippen molar-refractivity contribution in [2.75, 3.05) is 11.1 Å². The van der Waals surface area contributed by atoms with Crippen LogP contribution in [0.25, 0.3) is 0 Å². The van der Waals surface area contributed by atoms with Gasteiger partial charge in [-0.3, -0.25) is 0 Å². The van der Waals surface area contributed by atoms with Crippen molar-refractivity contribution < 1.29 is 4.39 Å². The summed E-state index contributed by atoms with van der Waals surface area (Å²) in [5.41, 5.74) is 6.91. The Bertz CT molecular complexity index is 324. The molecule has 2 nitrogen and oxygen atoms in total. The van der Waals surface area contributed by atoms with Crippen LogP contribution in [0.15, 0.2) is 18.2 Å². The van der Waals surface area contributed by atoms with Gasteiger partial charge in [-0.15, -0.1) is 0 Å². The molecule has 88 valence electrons. The highest BCUT2D eigenvalue weighted by atomic mass is 19.1. The van der Waals surface area contributed by atoms with Crippen LogP contribution >= 0.6 is 0 Å². The summed E-state index contributed by atoms with van der Waals surface area (Å²) in [7, 11) is 0. The van der Waals surface area contributed by atoms with Crippen LogP contribution in [0.1, 0.15) is 38.5 Å². The maximum absolute atomic E-state index is 13.1. The second-order valence-electron chi connectivity index (χ2n) is 4.61. The summed E-state index contributed by atoms with van der Waals surface area (Å²) in [6.45, 7) is 0. The fourth-order valence-corrected chi connectivity index (χ4v) is 2.36. The summed E-state index contributed by atoms with van der Waals surface area (Å²) in [5.74, 6) is -0.267. The lowest BCUT2D eigenvalue weighted by molar-refractivity contribution is 0.613. The summed E-state index contributed by atoms with van der Waals surface area (Å²) in [6, 6.07) is 5.14. The van der Waals surface area contributed by atoms with E-state index in [0.29, 0.717) is 11.7 Å². The van der Waals surface area contributed by atoms with E-state index in [1.807, 2.05) is 0 Å². The Labute approximate surface area is 96.0 Å². The topological polar surface area (TPSA) is 38.0 Å². The fraction of sp³-hybridized carbons (Fsp3) is 0.538. The Balaban J connectivity index is 2.01. The third-order valence-corrected chi connectivity index (χ3v) is 3.15. The van der Waals surface area contributed by atoms with Crippen molar-refractivity contribution in [3.63, 3.8) is 0 Å². The smallest absolute Gasteiger partial charge is 0.127 e. The minimum absolute atomic E-state index is 0.267. The van der Waals surface area contributed by atoms with Crippen molar-refractivity contribution in [2.24, 2.45) is 0 Å². The van der Waals surface area contributed by atoms with Crippen molar-refractivity contribution in [2.45, 2.75) is 44.6 Å². The van der Waals surface area contributed by atoms with Gasteiger partial charge in [-0.1, -0.05) is 25.7 Å². The zero-order chi connectivity index (χ0) is 11.4. The Morgan fingerprint density at radius 2 is 1.75 bits per heavy atom. The lowest BCUT2D eigenvalue weighted by atomic mass is 10.1. The third-order valence-electron chi connectivity index (χ3n) is 3.15. The van der Waals surface area contributed by atoms with Gasteiger partial charge in [0.15, 0.2) is 0 Å². The normalized spacial score (nSPS) is 18.1. The van der Waals surface area contributed by atoms with Crippen molar-refractivity contribution >= 4 is 11.4 Å². The Morgan fingerprint density at radius 1 is 1.06 bits per heavy atom. The zero-order valence-corrected chi connectivity index (χ0v) is 9.51. The van der Waals surface area contributed by atoms with Gasteiger partial charge >= 0.3 is 0 Å². The molecule has 1 aromatic carbocycles. The van der Waals surface area contributed by atoms with Crippen molar-refractivity contribution in [1.29, 1.82) is 0 Å². The summed E-state index contributed by atoms with van der Waals surface area (Å²) < 4.78 is 13.1. The van der Waals surface area contributed by atoms with Crippen LogP contribution in [0, 0.1) is 5.82 Å². The van der Waals surface area contributed by atoms with E-state index in [2.05, 4.69) is 5.32 Å². The van der Waals surface area contributed by atoms with Crippen LogP contribution in [0.3, 0.4) is 0 Å². The van der Waals surface area contributed by atoms with Crippen LogP contribution in [0.5, 0.6) is 0 Å². The van der Waals surface area contributed by atoms with E-state index in [-0.39, 0.29) is 5.82 Å². The van der Waals surface area contributed by atoms with Crippen LogP contribution in [-0.2, 0) is 0 Å². The third kappa shape index (κ3) is 3.12. The number of hydrogen-bond acceptors (Lipinski definition) is 2. The molecule has 3 heteroatoms. The molecule has 0 saturated heterocycles. The zero-order valence-electron chi connectivity index (χ0n) is 9.51. The Kier molecular flexibility index (Phi) is 3.65. The van der Waals surface area contributed by atoms with Gasteiger partial charge in [-0.25, -0.2) is 4.39 Å². The quantitative estimate of drug-likeness (QED) is 0.593. The number of halogens is 1. The number of anilines is 2. The van der Waals surface area contributed by atoms with E-state index in [0.717, 1.165) is 5.69 Å². The first-order valence-corrected chi connectivity index (χ1v) is 6.06. The van der Waals surface area contributed by atoms with E-state index in [1.165, 1.54) is 50.7 Å². The van der Waals surface area contributed by atoms with Gasteiger partial charge in [0.2, 0.25) is 0 Å². The fourth-order valence-electron chi connectivity index (χ4n) is 2.36. The van der Waals surface area contributed by atoms with Gasteiger partial charge in [0, 0.05) is 17.4 Å². The average Bonchev–Trinajstić information content (AvgIpc) is 2.44. The summed E-state index contributed by atoms with van der Waals surface area (Å²) in [5, 5.41) is 3.38. The van der Waals surface area contributed by atoms with E-state index >= 15 is 0 Å². The van der Waals surface area contributed by atoms with E-state index in [1.54, 1.807) is 6.07 Å². The van der Waals surface area contributed by atoms with Crippen LogP contribution < -0.4 is 11.1 Å². The first-order valence-electron chi connectivity index (χ1n) is 6.06. The van der Waals surface area contributed by atoms with E-state index < -0.39 is 0 Å². The molecule has 1 aromatic rings. The van der Waals surface area contributed by atoms with Gasteiger partial charge < -0.3 is 11.1 Å². The highest BCUT2D eigenvalue weighted by molar-refractivity contribution is 5.55. The molecular formula is C13H19FN2. The monoisotopic (exact) mass is 222 g/mol. The molecule has 2 rings (SSSR count). The molecule has 3 N–H and O–H groups in total. The molecule has 0 atom stereocenters. The van der Waals surface area contributed by atoms with Crippen molar-refractivity contribution in [3.05, 3.63) is 24.0 Å². The molecule has 1 saturated carbocycles. The highest BCUT2D eigenvalue weighted by Crippen LogP contribution is 2.22. The van der Waals surface area contributed by atoms with Crippen LogP contribution in [0.2, 0.25) is 0 Å². The summed E-state index contributed by atoms with van der Waals surface area (Å²) in [6.07, 6.45) is 7.53. The lowest BCUT2D eigenvalue weighted by Gasteiger charge is -2.17. The average molecular weight is 222 g/mol. The molecule has 1 aliphatic rings. The van der Waals surface area contributed by atoms with Gasteiger partial charge in [0.1, 0.15) is 5.82 Å². The van der Waals surface area contributed by atoms with Crippen molar-refractivity contribution in [3.8, 4) is 0 Å². The maximum atomic E-state index is 13.1. The van der Waals surface area contributed by atoms with E-state index in [9.17, 15) is 4.39 Å². The number of nitrogens with one attached hydrogen (secondary N) is 1. The molecule has 0 amide bonds. The molecule has 0 heterocycles. The number of nitrogens with two attached hydrogens (primary N) is 1.